The van der Waals surface area contributed by atoms with E-state index in [1.807, 2.05) is 48.5 Å². The van der Waals surface area contributed by atoms with Crippen LogP contribution in [0, 0.1) is 11.8 Å². The molecule has 1 fully saturated rings. The summed E-state index contributed by atoms with van der Waals surface area (Å²) in [5, 5.41) is 8.99. The fourth-order valence-corrected chi connectivity index (χ4v) is 3.45. The smallest absolute Gasteiger partial charge is 0.306 e. The summed E-state index contributed by atoms with van der Waals surface area (Å²) >= 11 is 0. The molecular weight excluding hydrogens is 336 g/mol. The van der Waals surface area contributed by atoms with E-state index in [4.69, 9.17) is 9.84 Å². The fraction of sp³-hybridized carbons (Fsp3) is 0.208. The van der Waals surface area contributed by atoms with E-state index in [0.717, 1.165) is 41.9 Å². The number of rotatable bonds is 7. The largest absolute Gasteiger partial charge is 0.481 e. The van der Waals surface area contributed by atoms with Crippen molar-refractivity contribution in [3.8, 4) is 22.6 Å². The van der Waals surface area contributed by atoms with E-state index in [1.54, 1.807) is 0 Å². The maximum absolute atomic E-state index is 10.9. The van der Waals surface area contributed by atoms with Gasteiger partial charge in [-0.1, -0.05) is 54.6 Å². The number of aliphatic carboxylic acids is 1. The number of ether oxygens (including phenoxy) is 1. The van der Waals surface area contributed by atoms with E-state index >= 15 is 0 Å². The maximum atomic E-state index is 10.9. The highest BCUT2D eigenvalue weighted by molar-refractivity contribution is 5.73. The van der Waals surface area contributed by atoms with Crippen LogP contribution in [0.2, 0.25) is 0 Å². The number of carboxylic acids is 1. The summed E-state index contributed by atoms with van der Waals surface area (Å²) in [5.41, 5.74) is 3.52. The molecule has 1 saturated carbocycles. The van der Waals surface area contributed by atoms with Crippen LogP contribution in [0.1, 0.15) is 18.4 Å². The van der Waals surface area contributed by atoms with Gasteiger partial charge in [0.2, 0.25) is 0 Å². The van der Waals surface area contributed by atoms with Crippen molar-refractivity contribution in [1.82, 2.24) is 0 Å². The zero-order valence-electron chi connectivity index (χ0n) is 15.0. The molecule has 1 aliphatic carbocycles. The Bertz CT molecular complexity index is 916. The van der Waals surface area contributed by atoms with Gasteiger partial charge in [0.25, 0.3) is 0 Å². The van der Waals surface area contributed by atoms with Crippen molar-refractivity contribution in [2.45, 2.75) is 19.3 Å². The van der Waals surface area contributed by atoms with Crippen LogP contribution in [0.4, 0.5) is 0 Å². The summed E-state index contributed by atoms with van der Waals surface area (Å²) in [7, 11) is 0. The minimum atomic E-state index is -0.645. The summed E-state index contributed by atoms with van der Waals surface area (Å²) in [6.45, 7) is 0. The number of aryl methyl sites for hydroxylation is 1. The molecule has 0 amide bonds. The van der Waals surface area contributed by atoms with Crippen LogP contribution in [0.3, 0.4) is 0 Å². The van der Waals surface area contributed by atoms with Gasteiger partial charge in [-0.25, -0.2) is 0 Å². The van der Waals surface area contributed by atoms with Gasteiger partial charge in [0.15, 0.2) is 0 Å². The topological polar surface area (TPSA) is 46.5 Å². The third-order valence-corrected chi connectivity index (χ3v) is 5.14. The molecule has 0 aromatic heterocycles. The van der Waals surface area contributed by atoms with Gasteiger partial charge in [-0.2, -0.15) is 0 Å². The van der Waals surface area contributed by atoms with Crippen LogP contribution >= 0.6 is 0 Å². The van der Waals surface area contributed by atoms with Crippen LogP contribution in [0.15, 0.2) is 78.9 Å². The van der Waals surface area contributed by atoms with Crippen LogP contribution in [-0.2, 0) is 11.2 Å². The van der Waals surface area contributed by atoms with E-state index in [1.165, 1.54) is 5.56 Å². The Morgan fingerprint density at radius 1 is 0.889 bits per heavy atom. The Kier molecular flexibility index (Phi) is 4.93. The van der Waals surface area contributed by atoms with Crippen molar-refractivity contribution in [2.24, 2.45) is 11.8 Å². The molecule has 4 rings (SSSR count). The second-order valence-electron chi connectivity index (χ2n) is 7.12. The lowest BCUT2D eigenvalue weighted by Gasteiger charge is -2.09. The molecule has 1 N–H and O–H groups in total. The minimum absolute atomic E-state index is 0.114. The van der Waals surface area contributed by atoms with Crippen LogP contribution < -0.4 is 4.74 Å². The van der Waals surface area contributed by atoms with E-state index in [9.17, 15) is 4.79 Å². The fourth-order valence-electron chi connectivity index (χ4n) is 3.45. The van der Waals surface area contributed by atoms with E-state index < -0.39 is 5.97 Å². The minimum Gasteiger partial charge on any atom is -0.481 e. The van der Waals surface area contributed by atoms with Gasteiger partial charge < -0.3 is 9.84 Å². The first-order valence-electron chi connectivity index (χ1n) is 9.34. The highest BCUT2D eigenvalue weighted by Crippen LogP contribution is 2.42. The van der Waals surface area contributed by atoms with Gasteiger partial charge in [0.05, 0.1) is 5.92 Å². The second-order valence-corrected chi connectivity index (χ2v) is 7.12. The average Bonchev–Trinajstić information content (AvgIpc) is 3.48. The quantitative estimate of drug-likeness (QED) is 0.581. The normalized spacial score (nSPS) is 18.1. The van der Waals surface area contributed by atoms with Crippen LogP contribution in [0.25, 0.3) is 11.1 Å². The molecule has 3 nitrogen and oxygen atoms in total. The van der Waals surface area contributed by atoms with Gasteiger partial charge in [-0.05, 0) is 66.1 Å². The highest BCUT2D eigenvalue weighted by Gasteiger charge is 2.42. The summed E-state index contributed by atoms with van der Waals surface area (Å²) in [6, 6.07) is 26.4. The maximum Gasteiger partial charge on any atom is 0.306 e. The van der Waals surface area contributed by atoms with Gasteiger partial charge >= 0.3 is 5.97 Å². The number of benzene rings is 3. The lowest BCUT2D eigenvalue weighted by atomic mass is 10.0. The van der Waals surface area contributed by atoms with Crippen molar-refractivity contribution < 1.29 is 14.6 Å². The van der Waals surface area contributed by atoms with E-state index in [-0.39, 0.29) is 5.92 Å². The summed E-state index contributed by atoms with van der Waals surface area (Å²) in [5.74, 6) is 1.24. The zero-order valence-corrected chi connectivity index (χ0v) is 15.0. The number of hydrogen-bond donors (Lipinski definition) is 1. The predicted molar refractivity (Wildman–Crippen MR) is 106 cm³/mol. The molecule has 0 heterocycles. The lowest BCUT2D eigenvalue weighted by molar-refractivity contribution is -0.138. The molecular formula is C24H22O3. The molecule has 0 radical (unpaired) electrons. The van der Waals surface area contributed by atoms with Crippen molar-refractivity contribution in [3.05, 3.63) is 84.4 Å². The van der Waals surface area contributed by atoms with Gasteiger partial charge in [0.1, 0.15) is 11.5 Å². The molecule has 3 aromatic carbocycles. The molecule has 2 unspecified atom stereocenters. The van der Waals surface area contributed by atoms with Crippen molar-refractivity contribution in [1.29, 1.82) is 0 Å². The molecule has 0 aliphatic heterocycles. The average molecular weight is 358 g/mol. The summed E-state index contributed by atoms with van der Waals surface area (Å²) in [4.78, 5) is 10.9. The van der Waals surface area contributed by atoms with Gasteiger partial charge in [-0.15, -0.1) is 0 Å². The van der Waals surface area contributed by atoms with E-state index in [0.29, 0.717) is 5.92 Å². The second kappa shape index (κ2) is 7.67. The first kappa shape index (κ1) is 17.3. The molecule has 3 heteroatoms. The summed E-state index contributed by atoms with van der Waals surface area (Å²) in [6.07, 6.45) is 2.73. The Morgan fingerprint density at radius 2 is 1.63 bits per heavy atom. The predicted octanol–water partition coefficient (Wildman–Crippen LogP) is 5.80. The number of para-hydroxylation sites is 1. The number of carboxylic acid groups (broad SMARTS) is 1. The highest BCUT2D eigenvalue weighted by atomic mass is 16.5. The Balaban J connectivity index is 1.40. The monoisotopic (exact) mass is 358 g/mol. The molecule has 2 atom stereocenters. The van der Waals surface area contributed by atoms with E-state index in [2.05, 4.69) is 30.3 Å². The summed E-state index contributed by atoms with van der Waals surface area (Å²) < 4.78 is 5.92. The van der Waals surface area contributed by atoms with Crippen molar-refractivity contribution in [3.63, 3.8) is 0 Å². The molecule has 136 valence electrons. The first-order valence-corrected chi connectivity index (χ1v) is 9.34. The molecule has 0 saturated heterocycles. The van der Waals surface area contributed by atoms with Crippen LogP contribution in [0.5, 0.6) is 11.5 Å². The SMILES string of the molecule is O=C(O)C1CC1CCc1ccc(-c2cccc(Oc3ccccc3)c2)cc1. The molecule has 27 heavy (non-hydrogen) atoms. The number of carbonyl (C=O) groups is 1. The molecule has 1 aliphatic rings. The van der Waals surface area contributed by atoms with Crippen molar-refractivity contribution >= 4 is 5.97 Å². The third kappa shape index (κ3) is 4.37. The first-order chi connectivity index (χ1) is 13.2. The standard InChI is InChI=1S/C24H22O3/c25-24(26)23-16-20(23)14-11-17-9-12-18(13-10-17)19-5-4-8-22(15-19)27-21-6-2-1-3-7-21/h1-10,12-13,15,20,23H,11,14,16H2,(H,25,26). The number of hydrogen-bond acceptors (Lipinski definition) is 2. The van der Waals surface area contributed by atoms with Gasteiger partial charge in [0, 0.05) is 0 Å². The zero-order chi connectivity index (χ0) is 18.6. The third-order valence-electron chi connectivity index (χ3n) is 5.14. The van der Waals surface area contributed by atoms with Gasteiger partial charge in [-0.3, -0.25) is 4.79 Å². The lowest BCUT2D eigenvalue weighted by Crippen LogP contribution is -2.00. The molecule has 3 aromatic rings. The Morgan fingerprint density at radius 3 is 2.33 bits per heavy atom. The van der Waals surface area contributed by atoms with Crippen LogP contribution in [-0.4, -0.2) is 11.1 Å². The Hall–Kier alpha value is -3.07. The Labute approximate surface area is 159 Å². The molecule has 0 spiro atoms. The molecule has 0 bridgehead atoms. The van der Waals surface area contributed by atoms with Crippen molar-refractivity contribution in [2.75, 3.05) is 0 Å².